The standard InChI is InChI=1S/C26H31ClN2O2/c1-17-11-13-20(14-12-17)25-26(31)28(23-10-6-7-18(2)19(23)3)16-24(30)29(25)15-21-8-4-5-9-22(21)27/h4-5,8-9,11-14,18-19,23,25H,6-7,10,15-16H2,1-3H3/t18-,19-,23-,25-/m1/s1. The van der Waals surface area contributed by atoms with Gasteiger partial charge in [-0.2, -0.15) is 0 Å². The van der Waals surface area contributed by atoms with Gasteiger partial charge in [-0.25, -0.2) is 0 Å². The van der Waals surface area contributed by atoms with Crippen LogP contribution in [0, 0.1) is 18.8 Å². The maximum Gasteiger partial charge on any atom is 0.250 e. The normalized spacial score (nSPS) is 27.0. The second kappa shape index (κ2) is 9.04. The lowest BCUT2D eigenvalue weighted by molar-refractivity contribution is -0.161. The van der Waals surface area contributed by atoms with Crippen LogP contribution in [0.4, 0.5) is 0 Å². The van der Waals surface area contributed by atoms with Gasteiger partial charge in [-0.05, 0) is 42.4 Å². The van der Waals surface area contributed by atoms with E-state index >= 15 is 0 Å². The van der Waals surface area contributed by atoms with Crippen molar-refractivity contribution in [1.82, 2.24) is 9.80 Å². The average molecular weight is 439 g/mol. The molecule has 2 fully saturated rings. The molecule has 0 aromatic heterocycles. The van der Waals surface area contributed by atoms with Gasteiger partial charge in [0.15, 0.2) is 0 Å². The maximum atomic E-state index is 13.9. The highest BCUT2D eigenvalue weighted by molar-refractivity contribution is 6.31. The molecule has 0 unspecified atom stereocenters. The number of nitrogens with zero attached hydrogens (tertiary/aromatic N) is 2. The van der Waals surface area contributed by atoms with E-state index in [4.69, 9.17) is 11.6 Å². The molecule has 0 spiro atoms. The Kier molecular flexibility index (Phi) is 6.38. The van der Waals surface area contributed by atoms with E-state index in [0.29, 0.717) is 23.4 Å². The summed E-state index contributed by atoms with van der Waals surface area (Å²) in [7, 11) is 0. The van der Waals surface area contributed by atoms with Crippen molar-refractivity contribution < 1.29 is 9.59 Å². The minimum atomic E-state index is -0.623. The van der Waals surface area contributed by atoms with Gasteiger partial charge < -0.3 is 9.80 Å². The molecule has 0 radical (unpaired) electrons. The predicted molar refractivity (Wildman–Crippen MR) is 124 cm³/mol. The third-order valence-electron chi connectivity index (χ3n) is 7.21. The van der Waals surface area contributed by atoms with Crippen LogP contribution in [0.1, 0.15) is 55.8 Å². The fourth-order valence-corrected chi connectivity index (χ4v) is 5.28. The molecule has 1 heterocycles. The molecule has 31 heavy (non-hydrogen) atoms. The van der Waals surface area contributed by atoms with Gasteiger partial charge in [-0.1, -0.05) is 86.3 Å². The van der Waals surface area contributed by atoms with E-state index in [0.717, 1.165) is 29.5 Å². The van der Waals surface area contributed by atoms with Crippen molar-refractivity contribution in [2.24, 2.45) is 11.8 Å². The summed E-state index contributed by atoms with van der Waals surface area (Å²) in [5.74, 6) is 0.955. The first-order valence-electron chi connectivity index (χ1n) is 11.3. The summed E-state index contributed by atoms with van der Waals surface area (Å²) in [6, 6.07) is 15.0. The zero-order valence-electron chi connectivity index (χ0n) is 18.6. The number of carbonyl (C=O) groups excluding carboxylic acids is 2. The van der Waals surface area contributed by atoms with E-state index in [1.165, 1.54) is 6.42 Å². The van der Waals surface area contributed by atoms with Crippen LogP contribution < -0.4 is 0 Å². The van der Waals surface area contributed by atoms with Gasteiger partial charge >= 0.3 is 0 Å². The minimum absolute atomic E-state index is 0.0180. The van der Waals surface area contributed by atoms with E-state index < -0.39 is 6.04 Å². The first kappa shape index (κ1) is 21.9. The van der Waals surface area contributed by atoms with E-state index in [1.807, 2.05) is 60.4 Å². The van der Waals surface area contributed by atoms with E-state index in [9.17, 15) is 9.59 Å². The zero-order chi connectivity index (χ0) is 22.1. The number of piperazine rings is 1. The molecular weight excluding hydrogens is 408 g/mol. The average Bonchev–Trinajstić information content (AvgIpc) is 2.75. The number of aryl methyl sites for hydroxylation is 1. The van der Waals surface area contributed by atoms with E-state index in [-0.39, 0.29) is 24.4 Å². The van der Waals surface area contributed by atoms with Gasteiger partial charge in [0, 0.05) is 17.6 Å². The fourth-order valence-electron chi connectivity index (χ4n) is 5.08. The SMILES string of the molecule is Cc1ccc([C@@H]2C(=O)N([C@@H]3CCC[C@@H](C)[C@H]3C)CC(=O)N2Cc2ccccc2Cl)cc1. The molecule has 0 N–H and O–H groups in total. The number of hydrogen-bond donors (Lipinski definition) is 0. The molecule has 164 valence electrons. The van der Waals surface area contributed by atoms with Crippen molar-refractivity contribution in [1.29, 1.82) is 0 Å². The number of amides is 2. The summed E-state index contributed by atoms with van der Waals surface area (Å²) in [6.07, 6.45) is 3.26. The smallest absolute Gasteiger partial charge is 0.250 e. The Balaban J connectivity index is 1.70. The van der Waals surface area contributed by atoms with Crippen LogP contribution >= 0.6 is 11.6 Å². The first-order valence-corrected chi connectivity index (χ1v) is 11.6. The molecule has 4 rings (SSSR count). The molecule has 1 saturated carbocycles. The Hall–Kier alpha value is -2.33. The Morgan fingerprint density at radius 1 is 1.00 bits per heavy atom. The molecule has 4 nitrogen and oxygen atoms in total. The van der Waals surface area contributed by atoms with Crippen LogP contribution in [0.3, 0.4) is 0 Å². The van der Waals surface area contributed by atoms with Crippen molar-refractivity contribution in [3.63, 3.8) is 0 Å². The lowest BCUT2D eigenvalue weighted by Gasteiger charge is -2.47. The summed E-state index contributed by atoms with van der Waals surface area (Å²) in [4.78, 5) is 30.9. The van der Waals surface area contributed by atoms with Crippen LogP contribution in [0.2, 0.25) is 5.02 Å². The second-order valence-corrected chi connectivity index (χ2v) is 9.63. The highest BCUT2D eigenvalue weighted by atomic mass is 35.5. The molecule has 1 aliphatic carbocycles. The van der Waals surface area contributed by atoms with Crippen LogP contribution in [0.25, 0.3) is 0 Å². The van der Waals surface area contributed by atoms with Crippen molar-refractivity contribution in [3.8, 4) is 0 Å². The van der Waals surface area contributed by atoms with Crippen molar-refractivity contribution in [3.05, 3.63) is 70.2 Å². The van der Waals surface area contributed by atoms with Gasteiger partial charge in [0.2, 0.25) is 5.91 Å². The van der Waals surface area contributed by atoms with Crippen LogP contribution in [0.5, 0.6) is 0 Å². The van der Waals surface area contributed by atoms with Crippen LogP contribution in [0.15, 0.2) is 48.5 Å². The van der Waals surface area contributed by atoms with Crippen LogP contribution in [-0.4, -0.2) is 34.2 Å². The molecule has 2 aromatic rings. The Bertz CT molecular complexity index is 958. The van der Waals surface area contributed by atoms with Gasteiger partial charge in [0.05, 0.1) is 0 Å². The number of benzene rings is 2. The van der Waals surface area contributed by atoms with Gasteiger partial charge in [-0.3, -0.25) is 9.59 Å². The summed E-state index contributed by atoms with van der Waals surface area (Å²) >= 11 is 6.39. The number of halogens is 1. The molecule has 1 aliphatic heterocycles. The van der Waals surface area contributed by atoms with E-state index in [2.05, 4.69) is 13.8 Å². The largest absolute Gasteiger partial charge is 0.328 e. The number of hydrogen-bond acceptors (Lipinski definition) is 2. The number of carbonyl (C=O) groups is 2. The van der Waals surface area contributed by atoms with E-state index in [1.54, 1.807) is 4.90 Å². The fraction of sp³-hybridized carbons (Fsp3) is 0.462. The third-order valence-corrected chi connectivity index (χ3v) is 7.58. The number of rotatable bonds is 4. The lowest BCUT2D eigenvalue weighted by atomic mass is 9.76. The Morgan fingerprint density at radius 3 is 2.42 bits per heavy atom. The summed E-state index contributed by atoms with van der Waals surface area (Å²) in [6.45, 7) is 6.98. The second-order valence-electron chi connectivity index (χ2n) is 9.23. The Labute approximate surface area is 190 Å². The third kappa shape index (κ3) is 4.36. The van der Waals surface area contributed by atoms with Gasteiger partial charge in [0.1, 0.15) is 12.6 Å². The molecule has 2 aliphatic rings. The quantitative estimate of drug-likeness (QED) is 0.642. The zero-order valence-corrected chi connectivity index (χ0v) is 19.3. The summed E-state index contributed by atoms with van der Waals surface area (Å²) in [5, 5.41) is 0.613. The topological polar surface area (TPSA) is 40.6 Å². The minimum Gasteiger partial charge on any atom is -0.328 e. The summed E-state index contributed by atoms with van der Waals surface area (Å²) < 4.78 is 0. The van der Waals surface area contributed by atoms with Crippen molar-refractivity contribution in [2.75, 3.05) is 6.54 Å². The monoisotopic (exact) mass is 438 g/mol. The molecule has 1 saturated heterocycles. The van der Waals surface area contributed by atoms with Crippen LogP contribution in [-0.2, 0) is 16.1 Å². The first-order chi connectivity index (χ1) is 14.9. The van der Waals surface area contributed by atoms with Crippen molar-refractivity contribution in [2.45, 2.75) is 58.7 Å². The molecule has 5 heteroatoms. The molecule has 0 bridgehead atoms. The van der Waals surface area contributed by atoms with Gasteiger partial charge in [0.25, 0.3) is 5.91 Å². The Morgan fingerprint density at radius 2 is 1.71 bits per heavy atom. The predicted octanol–water partition coefficient (Wildman–Crippen LogP) is 5.39. The highest BCUT2D eigenvalue weighted by Gasteiger charge is 2.45. The molecular formula is C26H31ClN2O2. The van der Waals surface area contributed by atoms with Crippen molar-refractivity contribution >= 4 is 23.4 Å². The molecule has 2 aromatic carbocycles. The van der Waals surface area contributed by atoms with Gasteiger partial charge in [-0.15, -0.1) is 0 Å². The lowest BCUT2D eigenvalue weighted by Crippen LogP contribution is -2.60. The maximum absolute atomic E-state index is 13.9. The molecule has 2 amide bonds. The summed E-state index contributed by atoms with van der Waals surface area (Å²) in [5.41, 5.74) is 2.84. The molecule has 4 atom stereocenters. The highest BCUT2D eigenvalue weighted by Crippen LogP contribution is 2.38.